The van der Waals surface area contributed by atoms with Crippen molar-refractivity contribution in [1.29, 1.82) is 0 Å². The number of aryl methyl sites for hydroxylation is 2. The monoisotopic (exact) mass is 358 g/mol. The lowest BCUT2D eigenvalue weighted by molar-refractivity contribution is 0.0979. The van der Waals surface area contributed by atoms with Crippen LogP contribution in [-0.2, 0) is 13.0 Å². The number of benzene rings is 2. The van der Waals surface area contributed by atoms with E-state index >= 15 is 0 Å². The highest BCUT2D eigenvalue weighted by Gasteiger charge is 2.29. The summed E-state index contributed by atoms with van der Waals surface area (Å²) in [7, 11) is 0. The largest absolute Gasteiger partial charge is 0.471 e. The molecule has 4 heteroatoms. The van der Waals surface area contributed by atoms with E-state index in [9.17, 15) is 4.79 Å². The van der Waals surface area contributed by atoms with E-state index in [1.165, 1.54) is 0 Å². The van der Waals surface area contributed by atoms with E-state index in [2.05, 4.69) is 4.98 Å². The van der Waals surface area contributed by atoms with Crippen molar-refractivity contribution in [2.24, 2.45) is 0 Å². The van der Waals surface area contributed by atoms with Crippen molar-refractivity contribution in [2.75, 3.05) is 11.4 Å². The van der Waals surface area contributed by atoms with Crippen LogP contribution in [0.2, 0.25) is 0 Å². The third-order valence-electron chi connectivity index (χ3n) is 4.87. The number of anilines is 1. The summed E-state index contributed by atoms with van der Waals surface area (Å²) in [5.74, 6) is 0.527. The molecule has 136 valence electrons. The van der Waals surface area contributed by atoms with Gasteiger partial charge in [-0.15, -0.1) is 0 Å². The number of fused-ring (bicyclic) bond motifs is 1. The van der Waals surface area contributed by atoms with Crippen molar-refractivity contribution in [3.63, 3.8) is 0 Å². The first-order valence-electron chi connectivity index (χ1n) is 9.18. The smallest absolute Gasteiger partial charge is 0.258 e. The van der Waals surface area contributed by atoms with Gasteiger partial charge in [-0.1, -0.05) is 48.5 Å². The van der Waals surface area contributed by atoms with Crippen LogP contribution in [0.25, 0.3) is 0 Å². The molecule has 4 rings (SSSR count). The molecule has 0 unspecified atom stereocenters. The number of pyridine rings is 1. The molecule has 27 heavy (non-hydrogen) atoms. The molecule has 0 aliphatic carbocycles. The van der Waals surface area contributed by atoms with Crippen molar-refractivity contribution >= 4 is 11.6 Å². The summed E-state index contributed by atoms with van der Waals surface area (Å²) in [4.78, 5) is 19.5. The maximum atomic E-state index is 13.1. The van der Waals surface area contributed by atoms with E-state index in [4.69, 9.17) is 4.74 Å². The van der Waals surface area contributed by atoms with Gasteiger partial charge in [-0.05, 0) is 49.1 Å². The van der Waals surface area contributed by atoms with E-state index in [0.29, 0.717) is 19.0 Å². The van der Waals surface area contributed by atoms with Crippen molar-refractivity contribution in [3.8, 4) is 5.88 Å². The number of hydrogen-bond donors (Lipinski definition) is 0. The van der Waals surface area contributed by atoms with E-state index in [0.717, 1.165) is 40.1 Å². The molecule has 0 radical (unpaired) electrons. The van der Waals surface area contributed by atoms with Crippen LogP contribution >= 0.6 is 0 Å². The molecule has 1 aromatic heterocycles. The molecule has 0 bridgehead atoms. The number of hydrogen-bond acceptors (Lipinski definition) is 3. The lowest BCUT2D eigenvalue weighted by Gasteiger charge is -2.30. The third-order valence-corrected chi connectivity index (χ3v) is 4.87. The Hall–Kier alpha value is -3.14. The van der Waals surface area contributed by atoms with Gasteiger partial charge in [-0.2, -0.15) is 0 Å². The van der Waals surface area contributed by atoms with Crippen LogP contribution in [-0.4, -0.2) is 17.4 Å². The molecule has 3 aromatic rings. The predicted octanol–water partition coefficient (Wildman–Crippen LogP) is 4.48. The molecule has 0 atom stereocenters. The number of aromatic nitrogens is 1. The fourth-order valence-electron chi connectivity index (χ4n) is 3.59. The standard InChI is InChI=1S/C23H22N2O2/c1-16-14-17(2)24-22(27-15-18-8-4-3-5-9-18)21(16)25-13-12-19-10-6-7-11-20(19)23(25)26/h3-11,14H,12-13,15H2,1-2H3. The Morgan fingerprint density at radius 3 is 2.59 bits per heavy atom. The van der Waals surface area contributed by atoms with E-state index < -0.39 is 0 Å². The molecule has 1 aliphatic heterocycles. The van der Waals surface area contributed by atoms with Gasteiger partial charge < -0.3 is 9.64 Å². The van der Waals surface area contributed by atoms with Crippen LogP contribution in [0, 0.1) is 13.8 Å². The molecule has 0 saturated carbocycles. The van der Waals surface area contributed by atoms with E-state index in [-0.39, 0.29) is 5.91 Å². The Balaban J connectivity index is 1.69. The van der Waals surface area contributed by atoms with Gasteiger partial charge >= 0.3 is 0 Å². The van der Waals surface area contributed by atoms with E-state index in [1.807, 2.05) is 79.4 Å². The van der Waals surface area contributed by atoms with Gasteiger partial charge in [-0.25, -0.2) is 4.98 Å². The molecule has 0 spiro atoms. The van der Waals surface area contributed by atoms with Crippen LogP contribution in [0.4, 0.5) is 5.69 Å². The fourth-order valence-corrected chi connectivity index (χ4v) is 3.59. The average Bonchev–Trinajstić information content (AvgIpc) is 2.68. The van der Waals surface area contributed by atoms with Crippen LogP contribution in [0.1, 0.15) is 32.7 Å². The zero-order valence-electron chi connectivity index (χ0n) is 15.6. The molecule has 0 saturated heterocycles. The maximum absolute atomic E-state index is 13.1. The summed E-state index contributed by atoms with van der Waals surface area (Å²) in [5, 5.41) is 0. The Morgan fingerprint density at radius 2 is 1.78 bits per heavy atom. The number of carbonyl (C=O) groups excluding carboxylic acids is 1. The topological polar surface area (TPSA) is 42.4 Å². The lowest BCUT2D eigenvalue weighted by Crippen LogP contribution is -2.38. The van der Waals surface area contributed by atoms with Gasteiger partial charge in [-0.3, -0.25) is 4.79 Å². The lowest BCUT2D eigenvalue weighted by atomic mass is 9.98. The van der Waals surface area contributed by atoms with Gasteiger partial charge in [0.25, 0.3) is 5.91 Å². The number of carbonyl (C=O) groups is 1. The van der Waals surface area contributed by atoms with Crippen molar-refractivity contribution in [3.05, 3.63) is 88.6 Å². The second-order valence-electron chi connectivity index (χ2n) is 6.87. The minimum absolute atomic E-state index is 0.00941. The SMILES string of the molecule is Cc1cc(C)c(N2CCc3ccccc3C2=O)c(OCc2ccccc2)n1. The minimum atomic E-state index is 0.00941. The third kappa shape index (κ3) is 3.43. The zero-order chi connectivity index (χ0) is 18.8. The number of ether oxygens (including phenoxy) is 1. The predicted molar refractivity (Wildman–Crippen MR) is 106 cm³/mol. The van der Waals surface area contributed by atoms with E-state index in [1.54, 1.807) is 0 Å². The molecule has 4 nitrogen and oxygen atoms in total. The molecule has 2 heterocycles. The van der Waals surface area contributed by atoms with Crippen molar-refractivity contribution < 1.29 is 9.53 Å². The number of amides is 1. The molecule has 2 aromatic carbocycles. The fraction of sp³-hybridized carbons (Fsp3) is 0.217. The highest BCUT2D eigenvalue weighted by Crippen LogP contribution is 2.34. The van der Waals surface area contributed by atoms with Gasteiger partial charge in [0.1, 0.15) is 12.3 Å². The second kappa shape index (κ2) is 7.23. The first-order chi connectivity index (χ1) is 13.1. The Morgan fingerprint density at radius 1 is 1.04 bits per heavy atom. The van der Waals surface area contributed by atoms with Crippen LogP contribution in [0.3, 0.4) is 0 Å². The number of rotatable bonds is 4. The average molecular weight is 358 g/mol. The first kappa shape index (κ1) is 17.3. The Bertz CT molecular complexity index is 983. The molecule has 1 amide bonds. The number of nitrogens with zero attached hydrogens (tertiary/aromatic N) is 2. The maximum Gasteiger partial charge on any atom is 0.258 e. The van der Waals surface area contributed by atoms with Crippen molar-refractivity contribution in [2.45, 2.75) is 26.9 Å². The van der Waals surface area contributed by atoms with Crippen LogP contribution < -0.4 is 9.64 Å². The normalized spacial score (nSPS) is 13.4. The minimum Gasteiger partial charge on any atom is -0.471 e. The Labute approximate surface area is 159 Å². The summed E-state index contributed by atoms with van der Waals surface area (Å²) in [6.45, 7) is 5.00. The summed E-state index contributed by atoms with van der Waals surface area (Å²) < 4.78 is 6.07. The molecule has 0 N–H and O–H groups in total. The summed E-state index contributed by atoms with van der Waals surface area (Å²) in [6, 6.07) is 19.8. The highest BCUT2D eigenvalue weighted by atomic mass is 16.5. The van der Waals surface area contributed by atoms with Crippen LogP contribution in [0.5, 0.6) is 5.88 Å². The summed E-state index contributed by atoms with van der Waals surface area (Å²) in [5.41, 5.74) is 5.58. The quantitative estimate of drug-likeness (QED) is 0.690. The Kier molecular flexibility index (Phi) is 4.63. The van der Waals surface area contributed by atoms with Gasteiger partial charge in [0.2, 0.25) is 5.88 Å². The summed E-state index contributed by atoms with van der Waals surface area (Å²) >= 11 is 0. The zero-order valence-corrected chi connectivity index (χ0v) is 15.6. The van der Waals surface area contributed by atoms with Gasteiger partial charge in [0.05, 0.1) is 0 Å². The molecule has 0 fully saturated rings. The molecule has 1 aliphatic rings. The van der Waals surface area contributed by atoms with Crippen molar-refractivity contribution in [1.82, 2.24) is 4.98 Å². The van der Waals surface area contributed by atoms with Gasteiger partial charge in [0.15, 0.2) is 0 Å². The highest BCUT2D eigenvalue weighted by molar-refractivity contribution is 6.09. The summed E-state index contributed by atoms with van der Waals surface area (Å²) in [6.07, 6.45) is 0.827. The first-order valence-corrected chi connectivity index (χ1v) is 9.18. The second-order valence-corrected chi connectivity index (χ2v) is 6.87. The molecular formula is C23H22N2O2. The van der Waals surface area contributed by atoms with Crippen LogP contribution in [0.15, 0.2) is 60.7 Å². The molecular weight excluding hydrogens is 336 g/mol. The van der Waals surface area contributed by atoms with Gasteiger partial charge in [0, 0.05) is 17.8 Å².